The predicted molar refractivity (Wildman–Crippen MR) is 83.4 cm³/mol. The minimum absolute atomic E-state index is 0.270. The van der Waals surface area contributed by atoms with Crippen molar-refractivity contribution in [3.63, 3.8) is 0 Å². The zero-order valence-corrected chi connectivity index (χ0v) is 12.7. The molecule has 0 radical (unpaired) electrons. The van der Waals surface area contributed by atoms with Gasteiger partial charge in [-0.3, -0.25) is 4.98 Å². The number of hydrogen-bond donors (Lipinski definition) is 0. The molecule has 2 fully saturated rings. The third-order valence-electron chi connectivity index (χ3n) is 4.68. The lowest BCUT2D eigenvalue weighted by molar-refractivity contribution is 0.0251. The van der Waals surface area contributed by atoms with Gasteiger partial charge in [0.15, 0.2) is 0 Å². The van der Waals surface area contributed by atoms with Gasteiger partial charge in [-0.1, -0.05) is 6.07 Å². The van der Waals surface area contributed by atoms with Crippen molar-refractivity contribution in [1.29, 1.82) is 0 Å². The SMILES string of the molecule is Cc1cnc(N2C[C@H]3CC[C@H]2[C@H]3OCc2ccccn2)nc1. The summed E-state index contributed by atoms with van der Waals surface area (Å²) in [6.45, 7) is 3.60. The number of aromatic nitrogens is 3. The zero-order chi connectivity index (χ0) is 14.9. The topological polar surface area (TPSA) is 51.1 Å². The van der Waals surface area contributed by atoms with Crippen molar-refractivity contribution in [1.82, 2.24) is 15.0 Å². The molecule has 1 aliphatic carbocycles. The number of hydrogen-bond acceptors (Lipinski definition) is 5. The van der Waals surface area contributed by atoms with Gasteiger partial charge in [-0.2, -0.15) is 0 Å². The Morgan fingerprint density at radius 3 is 2.82 bits per heavy atom. The lowest BCUT2D eigenvalue weighted by Gasteiger charge is -2.27. The van der Waals surface area contributed by atoms with Crippen molar-refractivity contribution in [2.75, 3.05) is 11.4 Å². The third kappa shape index (κ3) is 2.46. The van der Waals surface area contributed by atoms with Gasteiger partial charge in [0.05, 0.1) is 24.4 Å². The zero-order valence-electron chi connectivity index (χ0n) is 12.7. The Bertz CT molecular complexity index is 631. The highest BCUT2D eigenvalue weighted by Crippen LogP contribution is 2.41. The van der Waals surface area contributed by atoms with Crippen molar-refractivity contribution >= 4 is 5.95 Å². The van der Waals surface area contributed by atoms with E-state index in [1.165, 1.54) is 6.42 Å². The molecule has 2 aliphatic rings. The quantitative estimate of drug-likeness (QED) is 0.867. The molecule has 0 amide bonds. The van der Waals surface area contributed by atoms with Gasteiger partial charge in [0.25, 0.3) is 0 Å². The van der Waals surface area contributed by atoms with E-state index < -0.39 is 0 Å². The maximum atomic E-state index is 6.19. The first-order chi connectivity index (χ1) is 10.8. The summed E-state index contributed by atoms with van der Waals surface area (Å²) in [7, 11) is 0. The van der Waals surface area contributed by atoms with E-state index in [-0.39, 0.29) is 6.10 Å². The first kappa shape index (κ1) is 13.6. The lowest BCUT2D eigenvalue weighted by atomic mass is 10.1. The molecule has 5 nitrogen and oxygen atoms in total. The van der Waals surface area contributed by atoms with Crippen LogP contribution < -0.4 is 4.90 Å². The van der Waals surface area contributed by atoms with Crippen LogP contribution in [0.25, 0.3) is 0 Å². The van der Waals surface area contributed by atoms with E-state index in [1.807, 2.05) is 43.7 Å². The molecule has 22 heavy (non-hydrogen) atoms. The fourth-order valence-corrected chi connectivity index (χ4v) is 3.62. The van der Waals surface area contributed by atoms with Gasteiger partial charge < -0.3 is 9.64 Å². The molecule has 114 valence electrons. The molecule has 1 aliphatic heterocycles. The van der Waals surface area contributed by atoms with Crippen LogP contribution in [-0.4, -0.2) is 33.6 Å². The number of ether oxygens (including phenoxy) is 1. The summed E-state index contributed by atoms with van der Waals surface area (Å²) in [5.41, 5.74) is 2.09. The number of anilines is 1. The number of rotatable bonds is 4. The molecule has 1 saturated heterocycles. The summed E-state index contributed by atoms with van der Waals surface area (Å²) in [6, 6.07) is 6.34. The van der Waals surface area contributed by atoms with Gasteiger partial charge in [0.2, 0.25) is 5.95 Å². The third-order valence-corrected chi connectivity index (χ3v) is 4.68. The summed E-state index contributed by atoms with van der Waals surface area (Å²) in [5, 5.41) is 0. The molecule has 0 spiro atoms. The Balaban J connectivity index is 1.45. The Morgan fingerprint density at radius 1 is 1.18 bits per heavy atom. The van der Waals surface area contributed by atoms with E-state index in [4.69, 9.17) is 4.74 Å². The summed E-state index contributed by atoms with van der Waals surface area (Å²) in [4.78, 5) is 15.6. The standard InChI is InChI=1S/C17H20N4O/c1-12-8-19-17(20-9-12)21-10-13-5-6-15(21)16(13)22-11-14-4-2-3-7-18-14/h2-4,7-9,13,15-16H,5-6,10-11H2,1H3/t13-,15+,16+/m1/s1. The van der Waals surface area contributed by atoms with Crippen LogP contribution in [0.2, 0.25) is 0 Å². The minimum Gasteiger partial charge on any atom is -0.369 e. The number of pyridine rings is 1. The molecule has 0 aromatic carbocycles. The van der Waals surface area contributed by atoms with Gasteiger partial charge in [-0.25, -0.2) is 9.97 Å². The fourth-order valence-electron chi connectivity index (χ4n) is 3.62. The number of fused-ring (bicyclic) bond motifs is 2. The first-order valence-corrected chi connectivity index (χ1v) is 7.88. The van der Waals surface area contributed by atoms with Crippen LogP contribution in [0.1, 0.15) is 24.1 Å². The van der Waals surface area contributed by atoms with Gasteiger partial charge in [0.1, 0.15) is 0 Å². The van der Waals surface area contributed by atoms with E-state index in [2.05, 4.69) is 19.9 Å². The Labute approximate surface area is 130 Å². The molecule has 2 bridgehead atoms. The molecule has 3 heterocycles. The van der Waals surface area contributed by atoms with Gasteiger partial charge >= 0.3 is 0 Å². The Kier molecular flexibility index (Phi) is 3.50. The van der Waals surface area contributed by atoms with Crippen LogP contribution in [0.15, 0.2) is 36.8 Å². The van der Waals surface area contributed by atoms with Crippen molar-refractivity contribution in [3.8, 4) is 0 Å². The summed E-state index contributed by atoms with van der Waals surface area (Å²) in [5.74, 6) is 1.42. The summed E-state index contributed by atoms with van der Waals surface area (Å²) in [6.07, 6.45) is 8.26. The molecule has 3 atom stereocenters. The smallest absolute Gasteiger partial charge is 0.225 e. The van der Waals surface area contributed by atoms with Crippen molar-refractivity contribution in [3.05, 3.63) is 48.0 Å². The van der Waals surface area contributed by atoms with Gasteiger partial charge in [0, 0.05) is 31.1 Å². The van der Waals surface area contributed by atoms with Gasteiger partial charge in [-0.15, -0.1) is 0 Å². The summed E-state index contributed by atoms with van der Waals surface area (Å²) >= 11 is 0. The van der Waals surface area contributed by atoms with Crippen LogP contribution in [0.3, 0.4) is 0 Å². The monoisotopic (exact) mass is 296 g/mol. The maximum Gasteiger partial charge on any atom is 0.225 e. The Hall–Kier alpha value is -2.01. The van der Waals surface area contributed by atoms with Crippen LogP contribution in [0, 0.1) is 12.8 Å². The predicted octanol–water partition coefficient (Wildman–Crippen LogP) is 2.36. The van der Waals surface area contributed by atoms with Crippen LogP contribution >= 0.6 is 0 Å². The second kappa shape index (κ2) is 5.65. The average Bonchev–Trinajstić information content (AvgIpc) is 3.11. The highest BCUT2D eigenvalue weighted by atomic mass is 16.5. The largest absolute Gasteiger partial charge is 0.369 e. The van der Waals surface area contributed by atoms with Crippen molar-refractivity contribution in [2.45, 2.75) is 38.5 Å². The number of nitrogens with zero attached hydrogens (tertiary/aromatic N) is 4. The fraction of sp³-hybridized carbons (Fsp3) is 0.471. The van der Waals surface area contributed by atoms with Crippen molar-refractivity contribution in [2.24, 2.45) is 5.92 Å². The lowest BCUT2D eigenvalue weighted by Crippen LogP contribution is -2.36. The number of piperidine rings is 1. The molecule has 0 N–H and O–H groups in total. The average molecular weight is 296 g/mol. The normalized spacial score (nSPS) is 26.6. The first-order valence-electron chi connectivity index (χ1n) is 7.88. The van der Waals surface area contributed by atoms with Crippen LogP contribution in [0.4, 0.5) is 5.95 Å². The van der Waals surface area contributed by atoms with E-state index >= 15 is 0 Å². The van der Waals surface area contributed by atoms with E-state index in [1.54, 1.807) is 0 Å². The second-order valence-corrected chi connectivity index (χ2v) is 6.21. The molecular weight excluding hydrogens is 276 g/mol. The maximum absolute atomic E-state index is 6.19. The van der Waals surface area contributed by atoms with Crippen molar-refractivity contribution < 1.29 is 4.74 Å². The molecular formula is C17H20N4O. The van der Waals surface area contributed by atoms with E-state index in [0.717, 1.165) is 30.2 Å². The second-order valence-electron chi connectivity index (χ2n) is 6.21. The number of aryl methyl sites for hydroxylation is 1. The highest BCUT2D eigenvalue weighted by molar-refractivity contribution is 5.37. The molecule has 4 rings (SSSR count). The highest BCUT2D eigenvalue weighted by Gasteiger charge is 2.48. The molecule has 2 aromatic heterocycles. The Morgan fingerprint density at radius 2 is 2.05 bits per heavy atom. The molecule has 5 heteroatoms. The van der Waals surface area contributed by atoms with Crippen LogP contribution in [-0.2, 0) is 11.3 Å². The summed E-state index contributed by atoms with van der Waals surface area (Å²) < 4.78 is 6.19. The van der Waals surface area contributed by atoms with Crippen LogP contribution in [0.5, 0.6) is 0 Å². The van der Waals surface area contributed by atoms with Gasteiger partial charge in [-0.05, 0) is 37.5 Å². The molecule has 2 aromatic rings. The van der Waals surface area contributed by atoms with E-state index in [0.29, 0.717) is 18.6 Å². The molecule has 0 unspecified atom stereocenters. The van der Waals surface area contributed by atoms with E-state index in [9.17, 15) is 0 Å². The molecule has 1 saturated carbocycles. The minimum atomic E-state index is 0.270.